The Bertz CT molecular complexity index is 922. The summed E-state index contributed by atoms with van der Waals surface area (Å²) in [4.78, 5) is 26.2. The quantitative estimate of drug-likeness (QED) is 0.689. The van der Waals surface area contributed by atoms with Crippen LogP contribution in [-0.2, 0) is 11.3 Å². The van der Waals surface area contributed by atoms with E-state index in [1.54, 1.807) is 25.4 Å². The third-order valence-electron chi connectivity index (χ3n) is 3.91. The Morgan fingerprint density at radius 3 is 2.64 bits per heavy atom. The van der Waals surface area contributed by atoms with Crippen molar-refractivity contribution >= 4 is 16.7 Å². The van der Waals surface area contributed by atoms with Crippen molar-refractivity contribution in [1.82, 2.24) is 14.7 Å². The molecule has 6 nitrogen and oxygen atoms in total. The van der Waals surface area contributed by atoms with Crippen LogP contribution in [0.3, 0.4) is 0 Å². The van der Waals surface area contributed by atoms with Crippen molar-refractivity contribution in [2.24, 2.45) is 0 Å². The molecule has 6 heteroatoms. The first-order chi connectivity index (χ1) is 12.1. The summed E-state index contributed by atoms with van der Waals surface area (Å²) >= 11 is 0. The van der Waals surface area contributed by atoms with Gasteiger partial charge in [-0.3, -0.25) is 9.59 Å². The van der Waals surface area contributed by atoms with Gasteiger partial charge in [0, 0.05) is 12.4 Å². The summed E-state index contributed by atoms with van der Waals surface area (Å²) in [6.07, 6.45) is 1.60. The molecule has 1 aromatic heterocycles. The summed E-state index contributed by atoms with van der Waals surface area (Å²) in [5, 5.41) is 5.40. The molecular weight excluding hydrogens is 318 g/mol. The highest BCUT2D eigenvalue weighted by Gasteiger charge is 2.12. The van der Waals surface area contributed by atoms with Gasteiger partial charge in [-0.2, -0.15) is 5.10 Å². The van der Waals surface area contributed by atoms with Crippen LogP contribution < -0.4 is 10.3 Å². The number of amides is 1. The van der Waals surface area contributed by atoms with Crippen molar-refractivity contribution < 1.29 is 9.53 Å². The van der Waals surface area contributed by atoms with E-state index in [0.29, 0.717) is 18.5 Å². The number of carbonyl (C=O) groups is 1. The number of ether oxygens (including phenoxy) is 1. The SMILES string of the molecule is CN(CCOc1ccccc1)C(=O)Cn1ncc2ccccc2c1=O. The second kappa shape index (κ2) is 7.61. The van der Waals surface area contributed by atoms with Gasteiger partial charge in [0.1, 0.15) is 18.9 Å². The summed E-state index contributed by atoms with van der Waals surface area (Å²) in [6, 6.07) is 16.6. The minimum absolute atomic E-state index is 0.0918. The molecule has 0 saturated carbocycles. The van der Waals surface area contributed by atoms with E-state index in [1.165, 1.54) is 9.58 Å². The summed E-state index contributed by atoms with van der Waals surface area (Å²) < 4.78 is 6.77. The van der Waals surface area contributed by atoms with Crippen LogP contribution in [0.25, 0.3) is 10.8 Å². The molecule has 1 heterocycles. The van der Waals surface area contributed by atoms with Gasteiger partial charge >= 0.3 is 0 Å². The molecule has 0 bridgehead atoms. The Morgan fingerprint density at radius 1 is 1.12 bits per heavy atom. The first-order valence-electron chi connectivity index (χ1n) is 8.02. The monoisotopic (exact) mass is 337 g/mol. The van der Waals surface area contributed by atoms with Gasteiger partial charge in [0.05, 0.1) is 18.1 Å². The van der Waals surface area contributed by atoms with Gasteiger partial charge in [-0.1, -0.05) is 36.4 Å². The van der Waals surface area contributed by atoms with Gasteiger partial charge in [-0.05, 0) is 18.2 Å². The summed E-state index contributed by atoms with van der Waals surface area (Å²) in [5.74, 6) is 0.567. The number of para-hydroxylation sites is 1. The number of hydrogen-bond donors (Lipinski definition) is 0. The molecule has 3 rings (SSSR count). The molecule has 1 amide bonds. The van der Waals surface area contributed by atoms with Crippen molar-refractivity contribution in [3.63, 3.8) is 0 Å². The Balaban J connectivity index is 1.60. The van der Waals surface area contributed by atoms with E-state index in [-0.39, 0.29) is 18.0 Å². The van der Waals surface area contributed by atoms with Gasteiger partial charge in [0.25, 0.3) is 5.56 Å². The standard InChI is InChI=1S/C19H19N3O3/c1-21(11-12-25-16-8-3-2-4-9-16)18(23)14-22-19(24)17-10-6-5-7-15(17)13-20-22/h2-10,13H,11-12,14H2,1H3. The number of aromatic nitrogens is 2. The zero-order valence-electron chi connectivity index (χ0n) is 14.0. The lowest BCUT2D eigenvalue weighted by Gasteiger charge is -2.17. The highest BCUT2D eigenvalue weighted by atomic mass is 16.5. The number of carbonyl (C=O) groups excluding carboxylic acids is 1. The van der Waals surface area contributed by atoms with Gasteiger partial charge in [0.15, 0.2) is 0 Å². The molecule has 0 aliphatic carbocycles. The van der Waals surface area contributed by atoms with Gasteiger partial charge in [-0.15, -0.1) is 0 Å². The number of rotatable bonds is 6. The molecule has 0 saturated heterocycles. The lowest BCUT2D eigenvalue weighted by atomic mass is 10.2. The zero-order valence-corrected chi connectivity index (χ0v) is 14.0. The average Bonchev–Trinajstić information content (AvgIpc) is 2.65. The molecule has 0 aliphatic heterocycles. The van der Waals surface area contributed by atoms with Crippen LogP contribution in [0.15, 0.2) is 65.6 Å². The molecule has 0 unspecified atom stereocenters. The molecule has 128 valence electrons. The van der Waals surface area contributed by atoms with E-state index in [9.17, 15) is 9.59 Å². The first-order valence-corrected chi connectivity index (χ1v) is 8.02. The molecule has 3 aromatic rings. The smallest absolute Gasteiger partial charge is 0.275 e. The van der Waals surface area contributed by atoms with Crippen LogP contribution in [0.4, 0.5) is 0 Å². The first kappa shape index (κ1) is 16.7. The Morgan fingerprint density at radius 2 is 1.84 bits per heavy atom. The van der Waals surface area contributed by atoms with Crippen LogP contribution >= 0.6 is 0 Å². The van der Waals surface area contributed by atoms with Crippen LogP contribution in [0, 0.1) is 0 Å². The second-order valence-electron chi connectivity index (χ2n) is 5.67. The number of likely N-dealkylation sites (N-methyl/N-ethyl adjacent to an activating group) is 1. The lowest BCUT2D eigenvalue weighted by Crippen LogP contribution is -2.37. The molecule has 25 heavy (non-hydrogen) atoms. The minimum Gasteiger partial charge on any atom is -0.492 e. The topological polar surface area (TPSA) is 64.4 Å². The van der Waals surface area contributed by atoms with E-state index in [2.05, 4.69) is 5.10 Å². The predicted molar refractivity (Wildman–Crippen MR) is 95.6 cm³/mol. The second-order valence-corrected chi connectivity index (χ2v) is 5.67. The molecule has 2 aromatic carbocycles. The van der Waals surface area contributed by atoms with E-state index in [4.69, 9.17) is 4.74 Å². The number of hydrogen-bond acceptors (Lipinski definition) is 4. The highest BCUT2D eigenvalue weighted by molar-refractivity contribution is 5.81. The largest absolute Gasteiger partial charge is 0.492 e. The number of benzene rings is 2. The normalized spacial score (nSPS) is 10.6. The highest BCUT2D eigenvalue weighted by Crippen LogP contribution is 2.08. The fourth-order valence-corrected chi connectivity index (χ4v) is 2.43. The van der Waals surface area contributed by atoms with Crippen LogP contribution in [0.1, 0.15) is 0 Å². The van der Waals surface area contributed by atoms with Crippen LogP contribution in [0.2, 0.25) is 0 Å². The summed E-state index contributed by atoms with van der Waals surface area (Å²) in [7, 11) is 1.68. The third-order valence-corrected chi connectivity index (χ3v) is 3.91. The fourth-order valence-electron chi connectivity index (χ4n) is 2.43. The third kappa shape index (κ3) is 4.03. The molecule has 0 N–H and O–H groups in total. The van der Waals surface area contributed by atoms with Gasteiger partial charge in [0.2, 0.25) is 5.91 Å². The zero-order chi connectivity index (χ0) is 17.6. The molecule has 0 aliphatic rings. The van der Waals surface area contributed by atoms with E-state index < -0.39 is 0 Å². The molecule has 0 fully saturated rings. The van der Waals surface area contributed by atoms with Crippen molar-refractivity contribution in [3.8, 4) is 5.75 Å². The van der Waals surface area contributed by atoms with Crippen molar-refractivity contribution in [3.05, 3.63) is 71.1 Å². The Labute approximate surface area is 145 Å². The van der Waals surface area contributed by atoms with Gasteiger partial charge in [-0.25, -0.2) is 4.68 Å². The van der Waals surface area contributed by atoms with E-state index in [1.807, 2.05) is 42.5 Å². The Kier molecular flexibility index (Phi) is 5.09. The predicted octanol–water partition coefficient (Wildman–Crippen LogP) is 1.93. The van der Waals surface area contributed by atoms with E-state index in [0.717, 1.165) is 11.1 Å². The molecule has 0 radical (unpaired) electrons. The molecular formula is C19H19N3O3. The maximum atomic E-state index is 12.4. The van der Waals surface area contributed by atoms with Crippen molar-refractivity contribution in [2.45, 2.75) is 6.54 Å². The van der Waals surface area contributed by atoms with Gasteiger partial charge < -0.3 is 9.64 Å². The maximum Gasteiger partial charge on any atom is 0.275 e. The van der Waals surface area contributed by atoms with Crippen LogP contribution in [-0.4, -0.2) is 40.8 Å². The van der Waals surface area contributed by atoms with E-state index >= 15 is 0 Å². The van der Waals surface area contributed by atoms with Crippen molar-refractivity contribution in [2.75, 3.05) is 20.2 Å². The summed E-state index contributed by atoms with van der Waals surface area (Å²) in [6.45, 7) is 0.716. The molecule has 0 atom stereocenters. The number of nitrogens with zero attached hydrogens (tertiary/aromatic N) is 3. The average molecular weight is 337 g/mol. The van der Waals surface area contributed by atoms with Crippen LogP contribution in [0.5, 0.6) is 5.75 Å². The lowest BCUT2D eigenvalue weighted by molar-refractivity contribution is -0.131. The Hall–Kier alpha value is -3.15. The number of fused-ring (bicyclic) bond motifs is 1. The minimum atomic E-state index is -0.264. The maximum absolute atomic E-state index is 12.4. The fraction of sp³-hybridized carbons (Fsp3) is 0.211. The van der Waals surface area contributed by atoms with Crippen molar-refractivity contribution in [1.29, 1.82) is 0 Å². The summed E-state index contributed by atoms with van der Waals surface area (Å²) in [5.41, 5.74) is -0.264. The molecule has 0 spiro atoms.